The van der Waals surface area contributed by atoms with E-state index >= 15 is 0 Å². The summed E-state index contributed by atoms with van der Waals surface area (Å²) in [7, 11) is 0. The van der Waals surface area contributed by atoms with Gasteiger partial charge >= 0.3 is 0 Å². The molecule has 0 heterocycles. The van der Waals surface area contributed by atoms with Crippen LogP contribution in [-0.2, 0) is 0 Å². The molecule has 1 atom stereocenters. The molecule has 0 spiro atoms. The van der Waals surface area contributed by atoms with Crippen LogP contribution < -0.4 is 0 Å². The van der Waals surface area contributed by atoms with Crippen molar-refractivity contribution in [1.29, 1.82) is 0 Å². The van der Waals surface area contributed by atoms with Crippen molar-refractivity contribution < 1.29 is 5.11 Å². The fourth-order valence-electron chi connectivity index (χ4n) is 1.34. The van der Waals surface area contributed by atoms with Crippen LogP contribution in [0.1, 0.15) is 13.3 Å². The average Bonchev–Trinajstić information content (AvgIpc) is 2.26. The van der Waals surface area contributed by atoms with Crippen LogP contribution in [0.3, 0.4) is 0 Å². The van der Waals surface area contributed by atoms with Crippen molar-refractivity contribution in [2.24, 2.45) is 5.92 Å². The van der Waals surface area contributed by atoms with Gasteiger partial charge in [-0.15, -0.1) is 11.8 Å². The van der Waals surface area contributed by atoms with E-state index in [0.717, 1.165) is 22.2 Å². The first-order valence-corrected chi connectivity index (χ1v) is 7.06. The van der Waals surface area contributed by atoms with Crippen LogP contribution in [-0.4, -0.2) is 17.5 Å². The van der Waals surface area contributed by atoms with Crippen molar-refractivity contribution >= 4 is 27.7 Å². The Morgan fingerprint density at radius 1 is 1.44 bits per heavy atom. The molecule has 0 saturated heterocycles. The van der Waals surface area contributed by atoms with Crippen LogP contribution in [0.15, 0.2) is 45.8 Å². The van der Waals surface area contributed by atoms with Crippen molar-refractivity contribution in [2.75, 3.05) is 12.4 Å². The van der Waals surface area contributed by atoms with Gasteiger partial charge in [0.05, 0.1) is 0 Å². The van der Waals surface area contributed by atoms with Gasteiger partial charge in [0.1, 0.15) is 0 Å². The Kier molecular flexibility index (Phi) is 6.17. The van der Waals surface area contributed by atoms with Crippen LogP contribution in [0.25, 0.3) is 0 Å². The third kappa shape index (κ3) is 4.73. The lowest BCUT2D eigenvalue weighted by Crippen LogP contribution is -2.07. The van der Waals surface area contributed by atoms with Gasteiger partial charge < -0.3 is 5.11 Å². The van der Waals surface area contributed by atoms with E-state index in [4.69, 9.17) is 5.11 Å². The van der Waals surface area contributed by atoms with E-state index in [1.165, 1.54) is 4.90 Å². The second-order valence-electron chi connectivity index (χ2n) is 3.82. The fraction of sp³-hybridized carbons (Fsp3) is 0.385. The standard InChI is InChI=1S/C13H17BrOS/c1-10(2)11(9-15)7-8-16-13-5-3-12(14)4-6-13/h3-6,11,15H,1,7-9H2,2H3. The molecule has 1 unspecified atom stereocenters. The topological polar surface area (TPSA) is 20.2 Å². The number of aliphatic hydroxyl groups is 1. The highest BCUT2D eigenvalue weighted by Gasteiger charge is 2.07. The van der Waals surface area contributed by atoms with Crippen LogP contribution in [0.2, 0.25) is 0 Å². The van der Waals surface area contributed by atoms with E-state index in [2.05, 4.69) is 34.6 Å². The largest absolute Gasteiger partial charge is 0.396 e. The number of hydrogen-bond donors (Lipinski definition) is 1. The average molecular weight is 301 g/mol. The van der Waals surface area contributed by atoms with Gasteiger partial charge in [-0.3, -0.25) is 0 Å². The third-order valence-corrected chi connectivity index (χ3v) is 4.04. The zero-order valence-corrected chi connectivity index (χ0v) is 11.9. The molecule has 0 amide bonds. The van der Waals surface area contributed by atoms with Crippen molar-refractivity contribution in [3.05, 3.63) is 40.9 Å². The van der Waals surface area contributed by atoms with E-state index in [-0.39, 0.29) is 12.5 Å². The zero-order valence-electron chi connectivity index (χ0n) is 9.45. The highest BCUT2D eigenvalue weighted by Crippen LogP contribution is 2.23. The zero-order chi connectivity index (χ0) is 12.0. The molecule has 88 valence electrons. The molecule has 1 N–H and O–H groups in total. The van der Waals surface area contributed by atoms with Crippen molar-refractivity contribution in [3.8, 4) is 0 Å². The maximum atomic E-state index is 9.15. The number of hydrogen-bond acceptors (Lipinski definition) is 2. The van der Waals surface area contributed by atoms with Gasteiger partial charge in [0, 0.05) is 21.9 Å². The van der Waals surface area contributed by atoms with Crippen molar-refractivity contribution in [2.45, 2.75) is 18.2 Å². The van der Waals surface area contributed by atoms with Gasteiger partial charge in [0.2, 0.25) is 0 Å². The Bertz CT molecular complexity index is 334. The van der Waals surface area contributed by atoms with Crippen LogP contribution in [0.4, 0.5) is 0 Å². The number of thioether (sulfide) groups is 1. The maximum absolute atomic E-state index is 9.15. The molecule has 0 saturated carbocycles. The second kappa shape index (κ2) is 7.15. The monoisotopic (exact) mass is 300 g/mol. The molecule has 3 heteroatoms. The minimum atomic E-state index is 0.205. The molecule has 0 bridgehead atoms. The van der Waals surface area contributed by atoms with Gasteiger partial charge in [0.25, 0.3) is 0 Å². The Hall–Kier alpha value is -0.250. The number of benzene rings is 1. The lowest BCUT2D eigenvalue weighted by molar-refractivity contribution is 0.244. The molecule has 0 aromatic heterocycles. The Morgan fingerprint density at radius 2 is 2.06 bits per heavy atom. The molecule has 1 rings (SSSR count). The summed E-state index contributed by atoms with van der Waals surface area (Å²) in [5.41, 5.74) is 1.07. The Labute approximate surface area is 110 Å². The van der Waals surface area contributed by atoms with E-state index in [1.807, 2.05) is 30.8 Å². The summed E-state index contributed by atoms with van der Waals surface area (Å²) in [5, 5.41) is 9.15. The lowest BCUT2D eigenvalue weighted by atomic mass is 10.0. The second-order valence-corrected chi connectivity index (χ2v) is 5.90. The predicted octanol–water partition coefficient (Wildman–Crippen LogP) is 4.12. The first-order valence-electron chi connectivity index (χ1n) is 5.28. The summed E-state index contributed by atoms with van der Waals surface area (Å²) >= 11 is 5.23. The smallest absolute Gasteiger partial charge is 0.0496 e. The maximum Gasteiger partial charge on any atom is 0.0496 e. The molecule has 0 radical (unpaired) electrons. The highest BCUT2D eigenvalue weighted by atomic mass is 79.9. The highest BCUT2D eigenvalue weighted by molar-refractivity contribution is 9.10. The molecular weight excluding hydrogens is 284 g/mol. The van der Waals surface area contributed by atoms with E-state index in [0.29, 0.717) is 0 Å². The Morgan fingerprint density at radius 3 is 2.56 bits per heavy atom. The van der Waals surface area contributed by atoms with Gasteiger partial charge in [-0.2, -0.15) is 0 Å². The molecular formula is C13H17BrOS. The minimum absolute atomic E-state index is 0.205. The van der Waals surface area contributed by atoms with Crippen LogP contribution >= 0.6 is 27.7 Å². The Balaban J connectivity index is 2.35. The lowest BCUT2D eigenvalue weighted by Gasteiger charge is -2.13. The van der Waals surface area contributed by atoms with Crippen LogP contribution in [0, 0.1) is 5.92 Å². The molecule has 0 aliphatic heterocycles. The molecule has 1 aromatic rings. The van der Waals surface area contributed by atoms with E-state index in [1.54, 1.807) is 0 Å². The van der Waals surface area contributed by atoms with Gasteiger partial charge in [0.15, 0.2) is 0 Å². The molecule has 16 heavy (non-hydrogen) atoms. The van der Waals surface area contributed by atoms with E-state index in [9.17, 15) is 0 Å². The third-order valence-electron chi connectivity index (χ3n) is 2.47. The number of rotatable bonds is 6. The van der Waals surface area contributed by atoms with Gasteiger partial charge in [-0.25, -0.2) is 0 Å². The van der Waals surface area contributed by atoms with Gasteiger partial charge in [-0.1, -0.05) is 28.1 Å². The van der Waals surface area contributed by atoms with Crippen molar-refractivity contribution in [3.63, 3.8) is 0 Å². The SMILES string of the molecule is C=C(C)C(CO)CCSc1ccc(Br)cc1. The molecule has 1 nitrogen and oxygen atoms in total. The number of halogens is 1. The summed E-state index contributed by atoms with van der Waals surface area (Å²) in [5.74, 6) is 1.25. The summed E-state index contributed by atoms with van der Waals surface area (Å²) in [6.07, 6.45) is 0.979. The van der Waals surface area contributed by atoms with E-state index < -0.39 is 0 Å². The normalized spacial score (nSPS) is 12.4. The summed E-state index contributed by atoms with van der Waals surface area (Å²) in [4.78, 5) is 1.27. The predicted molar refractivity (Wildman–Crippen MR) is 74.9 cm³/mol. The van der Waals surface area contributed by atoms with Crippen LogP contribution in [0.5, 0.6) is 0 Å². The summed E-state index contributed by atoms with van der Waals surface area (Å²) in [6.45, 7) is 6.07. The molecule has 1 aromatic carbocycles. The fourth-order valence-corrected chi connectivity index (χ4v) is 2.57. The first kappa shape index (κ1) is 13.8. The molecule has 0 fully saturated rings. The quantitative estimate of drug-likeness (QED) is 0.630. The van der Waals surface area contributed by atoms with Crippen molar-refractivity contribution in [1.82, 2.24) is 0 Å². The summed E-state index contributed by atoms with van der Waals surface area (Å²) < 4.78 is 1.10. The summed E-state index contributed by atoms with van der Waals surface area (Å²) in [6, 6.07) is 8.29. The molecule has 0 aliphatic rings. The van der Waals surface area contributed by atoms with Gasteiger partial charge in [-0.05, 0) is 43.4 Å². The number of aliphatic hydroxyl groups excluding tert-OH is 1. The first-order chi connectivity index (χ1) is 7.63. The molecule has 0 aliphatic carbocycles. The minimum Gasteiger partial charge on any atom is -0.396 e.